The number of methoxy groups -OCH3 is 1. The zero-order valence-corrected chi connectivity index (χ0v) is 18.3. The number of hydrogen-bond donors (Lipinski definition) is 3. The van der Waals surface area contributed by atoms with E-state index < -0.39 is 0 Å². The van der Waals surface area contributed by atoms with Gasteiger partial charge < -0.3 is 25.2 Å². The summed E-state index contributed by atoms with van der Waals surface area (Å²) in [7, 11) is 1.64. The van der Waals surface area contributed by atoms with E-state index in [1.807, 2.05) is 42.5 Å². The minimum Gasteiger partial charge on any atom is -0.493 e. The number of benzene rings is 2. The fourth-order valence-electron chi connectivity index (χ4n) is 2.49. The van der Waals surface area contributed by atoms with Crippen molar-refractivity contribution in [1.82, 2.24) is 10.6 Å². The lowest BCUT2D eigenvalue weighted by atomic mass is 10.2. The number of aliphatic hydroxyl groups is 1. The van der Waals surface area contributed by atoms with Gasteiger partial charge >= 0.3 is 0 Å². The summed E-state index contributed by atoms with van der Waals surface area (Å²) >= 11 is 6.16. The summed E-state index contributed by atoms with van der Waals surface area (Å²) in [6.07, 6.45) is 1.01. The molecular formula is C20H29Cl3N2O3. The summed E-state index contributed by atoms with van der Waals surface area (Å²) in [5.41, 5.74) is 2.08. The lowest BCUT2D eigenvalue weighted by Crippen LogP contribution is -2.23. The van der Waals surface area contributed by atoms with Gasteiger partial charge in [0.1, 0.15) is 6.61 Å². The van der Waals surface area contributed by atoms with Gasteiger partial charge in [0.05, 0.1) is 13.7 Å². The molecule has 0 atom stereocenters. The molecule has 3 N–H and O–H groups in total. The van der Waals surface area contributed by atoms with Gasteiger partial charge in [-0.15, -0.1) is 24.8 Å². The second-order valence-electron chi connectivity index (χ2n) is 5.87. The minimum absolute atomic E-state index is 0. The zero-order chi connectivity index (χ0) is 18.6. The molecule has 2 aromatic carbocycles. The Morgan fingerprint density at radius 2 is 1.71 bits per heavy atom. The normalized spacial score (nSPS) is 9.96. The van der Waals surface area contributed by atoms with Gasteiger partial charge in [-0.2, -0.15) is 0 Å². The average Bonchev–Trinajstić information content (AvgIpc) is 2.67. The van der Waals surface area contributed by atoms with E-state index in [2.05, 4.69) is 10.6 Å². The van der Waals surface area contributed by atoms with Crippen LogP contribution in [0, 0.1) is 0 Å². The van der Waals surface area contributed by atoms with Gasteiger partial charge in [-0.1, -0.05) is 35.9 Å². The fraction of sp³-hybridized carbons (Fsp3) is 0.400. The maximum absolute atomic E-state index is 8.70. The van der Waals surface area contributed by atoms with Crippen molar-refractivity contribution in [2.45, 2.75) is 19.6 Å². The monoisotopic (exact) mass is 450 g/mol. The second-order valence-corrected chi connectivity index (χ2v) is 6.28. The number of nitrogens with one attached hydrogen (secondary N) is 2. The van der Waals surface area contributed by atoms with Crippen LogP contribution in [0.15, 0.2) is 42.5 Å². The molecule has 0 fully saturated rings. The molecule has 0 bridgehead atoms. The van der Waals surface area contributed by atoms with Gasteiger partial charge in [-0.25, -0.2) is 0 Å². The van der Waals surface area contributed by atoms with Gasteiger partial charge in [0, 0.05) is 23.7 Å². The summed E-state index contributed by atoms with van der Waals surface area (Å²) in [6, 6.07) is 13.6. The standard InChI is InChI=1S/C20H27ClN2O3.2ClH/c1-25-20-13-16(14-23-10-4-9-22-11-12-24)7-8-19(20)26-15-17-5-2-3-6-18(17)21;;/h2-3,5-8,13,22-24H,4,9-12,14-15H2,1H3;2*1H. The Bertz CT molecular complexity index is 675. The van der Waals surface area contributed by atoms with Crippen molar-refractivity contribution >= 4 is 36.4 Å². The topological polar surface area (TPSA) is 62.8 Å². The third-order valence-corrected chi connectivity index (χ3v) is 4.26. The molecule has 0 aliphatic rings. The number of hydrogen-bond acceptors (Lipinski definition) is 5. The highest BCUT2D eigenvalue weighted by atomic mass is 35.5. The molecule has 28 heavy (non-hydrogen) atoms. The molecule has 0 spiro atoms. The van der Waals surface area contributed by atoms with Crippen LogP contribution in [-0.4, -0.2) is 38.5 Å². The highest BCUT2D eigenvalue weighted by Gasteiger charge is 2.07. The molecule has 0 aliphatic heterocycles. The third kappa shape index (κ3) is 9.32. The molecule has 0 amide bonds. The summed E-state index contributed by atoms with van der Waals surface area (Å²) in [5, 5.41) is 15.9. The maximum Gasteiger partial charge on any atom is 0.161 e. The Balaban J connectivity index is 0.00000364. The van der Waals surface area contributed by atoms with Gasteiger partial charge in [0.25, 0.3) is 0 Å². The van der Waals surface area contributed by atoms with E-state index >= 15 is 0 Å². The number of rotatable bonds is 12. The molecule has 0 saturated carbocycles. The average molecular weight is 452 g/mol. The first-order valence-corrected chi connectivity index (χ1v) is 9.18. The van der Waals surface area contributed by atoms with Crippen molar-refractivity contribution in [1.29, 1.82) is 0 Å². The predicted molar refractivity (Wildman–Crippen MR) is 120 cm³/mol. The Morgan fingerprint density at radius 1 is 0.964 bits per heavy atom. The molecule has 5 nitrogen and oxygen atoms in total. The lowest BCUT2D eigenvalue weighted by molar-refractivity contribution is 0.284. The van der Waals surface area contributed by atoms with E-state index in [0.717, 1.165) is 37.2 Å². The van der Waals surface area contributed by atoms with Crippen LogP contribution >= 0.6 is 36.4 Å². The van der Waals surface area contributed by atoms with Gasteiger partial charge in [0.2, 0.25) is 0 Å². The van der Waals surface area contributed by atoms with E-state index in [-0.39, 0.29) is 31.4 Å². The van der Waals surface area contributed by atoms with Crippen molar-refractivity contribution in [3.05, 3.63) is 58.6 Å². The third-order valence-electron chi connectivity index (χ3n) is 3.89. The molecule has 0 heterocycles. The molecule has 158 valence electrons. The molecule has 2 aromatic rings. The van der Waals surface area contributed by atoms with Gasteiger partial charge in [0.15, 0.2) is 11.5 Å². The Kier molecular flexibility index (Phi) is 15.0. The fourth-order valence-corrected chi connectivity index (χ4v) is 2.68. The molecular weight excluding hydrogens is 423 g/mol. The summed E-state index contributed by atoms with van der Waals surface area (Å²) in [5.74, 6) is 1.41. The quantitative estimate of drug-likeness (QED) is 0.428. The van der Waals surface area contributed by atoms with Crippen LogP contribution in [0.5, 0.6) is 11.5 Å². The van der Waals surface area contributed by atoms with Crippen molar-refractivity contribution < 1.29 is 14.6 Å². The SMILES string of the molecule is COc1cc(CNCCCNCCO)ccc1OCc1ccccc1Cl.Cl.Cl. The lowest BCUT2D eigenvalue weighted by Gasteiger charge is -2.13. The van der Waals surface area contributed by atoms with Crippen molar-refractivity contribution in [2.24, 2.45) is 0 Å². The van der Waals surface area contributed by atoms with Gasteiger partial charge in [-0.05, 0) is 43.3 Å². The highest BCUT2D eigenvalue weighted by Crippen LogP contribution is 2.29. The molecule has 0 aliphatic carbocycles. The molecule has 0 saturated heterocycles. The summed E-state index contributed by atoms with van der Waals surface area (Å²) in [4.78, 5) is 0. The van der Waals surface area contributed by atoms with Crippen molar-refractivity contribution in [3.63, 3.8) is 0 Å². The first-order valence-electron chi connectivity index (χ1n) is 8.80. The Morgan fingerprint density at radius 3 is 2.43 bits per heavy atom. The second kappa shape index (κ2) is 15.7. The number of aliphatic hydroxyl groups excluding tert-OH is 1. The van der Waals surface area contributed by atoms with E-state index in [4.69, 9.17) is 26.2 Å². The van der Waals surface area contributed by atoms with E-state index in [0.29, 0.717) is 29.7 Å². The predicted octanol–water partition coefficient (Wildman–Crippen LogP) is 3.83. The van der Waals surface area contributed by atoms with Crippen molar-refractivity contribution in [3.8, 4) is 11.5 Å². The van der Waals surface area contributed by atoms with Crippen LogP contribution in [0.3, 0.4) is 0 Å². The molecule has 0 aromatic heterocycles. The van der Waals surface area contributed by atoms with Crippen LogP contribution in [0.1, 0.15) is 17.5 Å². The number of halogens is 3. The first kappa shape index (κ1) is 26.8. The Hall–Kier alpha value is -1.21. The van der Waals surface area contributed by atoms with E-state index in [1.54, 1.807) is 7.11 Å². The first-order chi connectivity index (χ1) is 12.7. The molecule has 8 heteroatoms. The van der Waals surface area contributed by atoms with Crippen LogP contribution in [0.25, 0.3) is 0 Å². The van der Waals surface area contributed by atoms with Gasteiger partial charge in [-0.3, -0.25) is 0 Å². The highest BCUT2D eigenvalue weighted by molar-refractivity contribution is 6.31. The van der Waals surface area contributed by atoms with E-state index in [9.17, 15) is 0 Å². The Labute approximate surface area is 184 Å². The summed E-state index contributed by atoms with van der Waals surface area (Å²) in [6.45, 7) is 3.79. The molecule has 0 radical (unpaired) electrons. The van der Waals surface area contributed by atoms with Crippen LogP contribution < -0.4 is 20.1 Å². The minimum atomic E-state index is 0. The summed E-state index contributed by atoms with van der Waals surface area (Å²) < 4.78 is 11.3. The maximum atomic E-state index is 8.70. The van der Waals surface area contributed by atoms with Crippen LogP contribution in [0.4, 0.5) is 0 Å². The smallest absolute Gasteiger partial charge is 0.161 e. The number of ether oxygens (including phenoxy) is 2. The molecule has 0 unspecified atom stereocenters. The zero-order valence-electron chi connectivity index (χ0n) is 15.9. The molecule has 2 rings (SSSR count). The largest absolute Gasteiger partial charge is 0.493 e. The van der Waals surface area contributed by atoms with Crippen LogP contribution in [-0.2, 0) is 13.2 Å². The van der Waals surface area contributed by atoms with Crippen LogP contribution in [0.2, 0.25) is 5.02 Å². The van der Waals surface area contributed by atoms with E-state index in [1.165, 1.54) is 0 Å². The van der Waals surface area contributed by atoms with Crippen molar-refractivity contribution in [2.75, 3.05) is 33.4 Å².